The maximum absolute atomic E-state index is 12.6. The molecular formula is C16H23N3O. The minimum atomic E-state index is 0.0494. The van der Waals surface area contributed by atoms with E-state index in [-0.39, 0.29) is 5.91 Å². The van der Waals surface area contributed by atoms with Crippen LogP contribution in [0.5, 0.6) is 0 Å². The van der Waals surface area contributed by atoms with Gasteiger partial charge in [0, 0.05) is 18.8 Å². The number of rotatable bonds is 5. The van der Waals surface area contributed by atoms with E-state index < -0.39 is 0 Å². The molecule has 0 spiro atoms. The molecule has 0 bridgehead atoms. The highest BCUT2D eigenvalue weighted by atomic mass is 16.2. The zero-order chi connectivity index (χ0) is 14.4. The number of nitrogens with one attached hydrogen (secondary N) is 1. The standard InChI is InChI=1S/C16H23N3O/c1-3-11-18(12-4-2)16(20)15-6-5-13-19(15)14-7-9-17-10-8-14/h1,5-6,13-14,17H,4,7-12H2,2H3. The molecule has 1 amide bonds. The van der Waals surface area contributed by atoms with Crippen LogP contribution in [0.4, 0.5) is 0 Å². The lowest BCUT2D eigenvalue weighted by atomic mass is 10.1. The minimum Gasteiger partial charge on any atom is -0.340 e. The second-order valence-electron chi connectivity index (χ2n) is 5.21. The van der Waals surface area contributed by atoms with E-state index in [1.165, 1.54) is 0 Å². The Morgan fingerprint density at radius 3 is 2.95 bits per heavy atom. The van der Waals surface area contributed by atoms with Crippen molar-refractivity contribution in [3.63, 3.8) is 0 Å². The molecule has 2 rings (SSSR count). The van der Waals surface area contributed by atoms with Crippen LogP contribution in [0.25, 0.3) is 0 Å². The molecule has 1 fully saturated rings. The maximum Gasteiger partial charge on any atom is 0.271 e. The zero-order valence-corrected chi connectivity index (χ0v) is 12.1. The molecule has 1 aromatic rings. The molecule has 0 atom stereocenters. The quantitative estimate of drug-likeness (QED) is 0.832. The van der Waals surface area contributed by atoms with Crippen molar-refractivity contribution in [1.82, 2.24) is 14.8 Å². The van der Waals surface area contributed by atoms with Gasteiger partial charge in [-0.2, -0.15) is 0 Å². The molecule has 0 aliphatic carbocycles. The molecule has 108 valence electrons. The van der Waals surface area contributed by atoms with E-state index in [0.717, 1.165) is 38.0 Å². The molecule has 20 heavy (non-hydrogen) atoms. The molecule has 0 radical (unpaired) electrons. The molecule has 4 heteroatoms. The van der Waals surface area contributed by atoms with Crippen LogP contribution < -0.4 is 5.32 Å². The summed E-state index contributed by atoms with van der Waals surface area (Å²) in [6.07, 6.45) is 10.4. The summed E-state index contributed by atoms with van der Waals surface area (Å²) in [7, 11) is 0. The zero-order valence-electron chi connectivity index (χ0n) is 12.1. The number of hydrogen-bond acceptors (Lipinski definition) is 2. The highest BCUT2D eigenvalue weighted by Gasteiger charge is 2.22. The molecule has 4 nitrogen and oxygen atoms in total. The van der Waals surface area contributed by atoms with Crippen molar-refractivity contribution < 1.29 is 4.79 Å². The van der Waals surface area contributed by atoms with Gasteiger partial charge < -0.3 is 14.8 Å². The molecule has 1 aromatic heterocycles. The molecule has 1 saturated heterocycles. The second-order valence-corrected chi connectivity index (χ2v) is 5.21. The molecule has 1 N–H and O–H groups in total. The summed E-state index contributed by atoms with van der Waals surface area (Å²) in [5.41, 5.74) is 0.764. The first-order chi connectivity index (χ1) is 9.77. The summed E-state index contributed by atoms with van der Waals surface area (Å²) in [6, 6.07) is 4.28. The second kappa shape index (κ2) is 7.16. The Morgan fingerprint density at radius 2 is 2.30 bits per heavy atom. The summed E-state index contributed by atoms with van der Waals surface area (Å²) in [5.74, 6) is 2.63. The fraction of sp³-hybridized carbons (Fsp3) is 0.562. The SMILES string of the molecule is C#CCN(CCC)C(=O)c1cccn1C1CCNCC1. The Balaban J connectivity index is 2.17. The predicted molar refractivity (Wildman–Crippen MR) is 80.6 cm³/mol. The number of amides is 1. The fourth-order valence-corrected chi connectivity index (χ4v) is 2.77. The Kier molecular flexibility index (Phi) is 5.25. The van der Waals surface area contributed by atoms with Crippen LogP contribution in [0.2, 0.25) is 0 Å². The van der Waals surface area contributed by atoms with Crippen molar-refractivity contribution in [3.05, 3.63) is 24.0 Å². The van der Waals surface area contributed by atoms with Gasteiger partial charge in [0.05, 0.1) is 6.54 Å². The number of carbonyl (C=O) groups is 1. The number of carbonyl (C=O) groups excluding carboxylic acids is 1. The Hall–Kier alpha value is -1.73. The average molecular weight is 273 g/mol. The monoisotopic (exact) mass is 273 g/mol. The van der Waals surface area contributed by atoms with Crippen molar-refractivity contribution in [2.45, 2.75) is 32.2 Å². The van der Waals surface area contributed by atoms with Crippen LogP contribution in [-0.4, -0.2) is 41.6 Å². The Labute approximate surface area is 121 Å². The molecule has 0 aromatic carbocycles. The number of piperidine rings is 1. The molecule has 1 aliphatic heterocycles. The van der Waals surface area contributed by atoms with Crippen LogP contribution in [-0.2, 0) is 0 Å². The van der Waals surface area contributed by atoms with Gasteiger partial charge >= 0.3 is 0 Å². The number of hydrogen-bond donors (Lipinski definition) is 1. The summed E-state index contributed by atoms with van der Waals surface area (Å²) < 4.78 is 2.13. The summed E-state index contributed by atoms with van der Waals surface area (Å²) in [4.78, 5) is 14.4. The molecule has 0 saturated carbocycles. The van der Waals surface area contributed by atoms with Gasteiger partial charge in [0.25, 0.3) is 5.91 Å². The van der Waals surface area contributed by atoms with E-state index in [1.807, 2.05) is 18.3 Å². The van der Waals surface area contributed by atoms with Gasteiger partial charge in [-0.25, -0.2) is 0 Å². The Bertz CT molecular complexity index is 480. The highest BCUT2D eigenvalue weighted by Crippen LogP contribution is 2.22. The highest BCUT2D eigenvalue weighted by molar-refractivity contribution is 5.93. The van der Waals surface area contributed by atoms with Crippen LogP contribution in [0.1, 0.15) is 42.7 Å². The average Bonchev–Trinajstić information content (AvgIpc) is 2.96. The predicted octanol–water partition coefficient (Wildman–Crippen LogP) is 1.90. The number of nitrogens with zero attached hydrogens (tertiary/aromatic N) is 2. The summed E-state index contributed by atoms with van der Waals surface area (Å²) in [5, 5.41) is 3.35. The molecule has 2 heterocycles. The lowest BCUT2D eigenvalue weighted by Crippen LogP contribution is -2.35. The third-order valence-electron chi connectivity index (χ3n) is 3.76. The summed E-state index contributed by atoms with van der Waals surface area (Å²) >= 11 is 0. The normalized spacial score (nSPS) is 15.8. The first kappa shape index (κ1) is 14.7. The largest absolute Gasteiger partial charge is 0.340 e. The van der Waals surface area contributed by atoms with E-state index >= 15 is 0 Å². The van der Waals surface area contributed by atoms with Crippen molar-refractivity contribution >= 4 is 5.91 Å². The van der Waals surface area contributed by atoms with Crippen molar-refractivity contribution in [3.8, 4) is 12.3 Å². The van der Waals surface area contributed by atoms with Gasteiger partial charge in [0.1, 0.15) is 5.69 Å². The van der Waals surface area contributed by atoms with Gasteiger partial charge in [0.15, 0.2) is 0 Å². The van der Waals surface area contributed by atoms with Crippen molar-refractivity contribution in [2.24, 2.45) is 0 Å². The van der Waals surface area contributed by atoms with Gasteiger partial charge in [0.2, 0.25) is 0 Å². The van der Waals surface area contributed by atoms with E-state index in [2.05, 4.69) is 22.7 Å². The van der Waals surface area contributed by atoms with Gasteiger partial charge in [-0.1, -0.05) is 12.8 Å². The fourth-order valence-electron chi connectivity index (χ4n) is 2.77. The molecule has 1 aliphatic rings. The van der Waals surface area contributed by atoms with Crippen molar-refractivity contribution in [2.75, 3.05) is 26.2 Å². The molecule has 0 unspecified atom stereocenters. The van der Waals surface area contributed by atoms with Gasteiger partial charge in [-0.05, 0) is 44.5 Å². The van der Waals surface area contributed by atoms with Crippen molar-refractivity contribution in [1.29, 1.82) is 0 Å². The van der Waals surface area contributed by atoms with E-state index in [1.54, 1.807) is 4.90 Å². The lowest BCUT2D eigenvalue weighted by Gasteiger charge is -2.27. The maximum atomic E-state index is 12.6. The smallest absolute Gasteiger partial charge is 0.271 e. The van der Waals surface area contributed by atoms with Crippen LogP contribution >= 0.6 is 0 Å². The van der Waals surface area contributed by atoms with Crippen LogP contribution in [0, 0.1) is 12.3 Å². The third-order valence-corrected chi connectivity index (χ3v) is 3.76. The topological polar surface area (TPSA) is 37.3 Å². The third kappa shape index (κ3) is 3.23. The lowest BCUT2D eigenvalue weighted by molar-refractivity contribution is 0.0762. The van der Waals surface area contributed by atoms with Gasteiger partial charge in [-0.15, -0.1) is 6.42 Å². The van der Waals surface area contributed by atoms with E-state index in [4.69, 9.17) is 6.42 Å². The van der Waals surface area contributed by atoms with E-state index in [9.17, 15) is 4.79 Å². The number of aromatic nitrogens is 1. The first-order valence-electron chi connectivity index (χ1n) is 7.38. The summed E-state index contributed by atoms with van der Waals surface area (Å²) in [6.45, 7) is 5.17. The molecular weight excluding hydrogens is 250 g/mol. The van der Waals surface area contributed by atoms with E-state index in [0.29, 0.717) is 19.1 Å². The minimum absolute atomic E-state index is 0.0494. The van der Waals surface area contributed by atoms with Crippen LogP contribution in [0.3, 0.4) is 0 Å². The van der Waals surface area contributed by atoms with Gasteiger partial charge in [-0.3, -0.25) is 4.79 Å². The number of terminal acetylenes is 1. The first-order valence-corrected chi connectivity index (χ1v) is 7.38. The Morgan fingerprint density at radius 1 is 1.55 bits per heavy atom. The van der Waals surface area contributed by atoms with Crippen LogP contribution in [0.15, 0.2) is 18.3 Å².